The summed E-state index contributed by atoms with van der Waals surface area (Å²) in [5, 5.41) is 6.75. The molecule has 1 aromatic carbocycles. The highest BCUT2D eigenvalue weighted by atomic mass is 16.2. The van der Waals surface area contributed by atoms with Crippen LogP contribution in [0, 0.1) is 5.41 Å². The van der Waals surface area contributed by atoms with Crippen LogP contribution in [0.25, 0.3) is 0 Å². The maximum Gasteiger partial charge on any atom is 0.230 e. The molecule has 0 unspecified atom stereocenters. The minimum atomic E-state index is -0.300. The lowest BCUT2D eigenvalue weighted by molar-refractivity contribution is -0.138. The summed E-state index contributed by atoms with van der Waals surface area (Å²) in [4.78, 5) is 21.4. The standard InChI is InChI=1S/C22H37N5O/c1-6-23-21(24-15-18-10-9-11-19(14-18)16-26(2)3)25-17-22(12-7-8-13-22)20(28)27(4)5/h9-11,14H,6-8,12-13,15-17H2,1-5H3,(H2,23,24,25). The first-order valence-corrected chi connectivity index (χ1v) is 10.3. The summed E-state index contributed by atoms with van der Waals surface area (Å²) in [6.45, 7) is 5.03. The maximum atomic E-state index is 12.8. The van der Waals surface area contributed by atoms with Gasteiger partial charge in [0.25, 0.3) is 0 Å². The minimum Gasteiger partial charge on any atom is -0.357 e. The van der Waals surface area contributed by atoms with E-state index in [1.165, 1.54) is 11.1 Å². The van der Waals surface area contributed by atoms with Crippen molar-refractivity contribution in [2.45, 2.75) is 45.7 Å². The summed E-state index contributed by atoms with van der Waals surface area (Å²) in [7, 11) is 7.85. The Balaban J connectivity index is 2.05. The van der Waals surface area contributed by atoms with E-state index in [0.717, 1.165) is 44.7 Å². The van der Waals surface area contributed by atoms with Gasteiger partial charge in [-0.1, -0.05) is 37.1 Å². The second kappa shape index (κ2) is 10.5. The molecule has 0 bridgehead atoms. The van der Waals surface area contributed by atoms with Crippen LogP contribution in [0.5, 0.6) is 0 Å². The summed E-state index contributed by atoms with van der Waals surface area (Å²) in [6, 6.07) is 8.56. The van der Waals surface area contributed by atoms with E-state index in [2.05, 4.69) is 60.8 Å². The largest absolute Gasteiger partial charge is 0.357 e. The average molecular weight is 388 g/mol. The van der Waals surface area contributed by atoms with E-state index in [-0.39, 0.29) is 11.3 Å². The number of hydrogen-bond donors (Lipinski definition) is 2. The quantitative estimate of drug-likeness (QED) is 0.531. The summed E-state index contributed by atoms with van der Waals surface area (Å²) >= 11 is 0. The van der Waals surface area contributed by atoms with Crippen LogP contribution in [0.3, 0.4) is 0 Å². The van der Waals surface area contributed by atoms with Crippen molar-refractivity contribution in [1.82, 2.24) is 20.4 Å². The van der Waals surface area contributed by atoms with Crippen LogP contribution in [0.2, 0.25) is 0 Å². The fourth-order valence-electron chi connectivity index (χ4n) is 3.95. The average Bonchev–Trinajstić information content (AvgIpc) is 3.13. The first-order valence-electron chi connectivity index (χ1n) is 10.3. The Hall–Kier alpha value is -2.08. The number of hydrogen-bond acceptors (Lipinski definition) is 3. The molecule has 6 heteroatoms. The number of guanidine groups is 1. The molecule has 156 valence electrons. The molecule has 1 saturated carbocycles. The number of aliphatic imine (C=N–C) groups is 1. The number of benzene rings is 1. The van der Waals surface area contributed by atoms with Crippen molar-refractivity contribution in [3.8, 4) is 0 Å². The van der Waals surface area contributed by atoms with E-state index in [0.29, 0.717) is 13.1 Å². The van der Waals surface area contributed by atoms with Crippen molar-refractivity contribution in [2.24, 2.45) is 10.4 Å². The third kappa shape index (κ3) is 6.23. The van der Waals surface area contributed by atoms with Crippen molar-refractivity contribution < 1.29 is 4.79 Å². The second-order valence-electron chi connectivity index (χ2n) is 8.29. The molecule has 6 nitrogen and oxygen atoms in total. The lowest BCUT2D eigenvalue weighted by Gasteiger charge is -2.31. The van der Waals surface area contributed by atoms with Crippen LogP contribution >= 0.6 is 0 Å². The fraction of sp³-hybridized carbons (Fsp3) is 0.636. The second-order valence-corrected chi connectivity index (χ2v) is 8.29. The molecular weight excluding hydrogens is 350 g/mol. The topological polar surface area (TPSA) is 60.0 Å². The predicted molar refractivity (Wildman–Crippen MR) is 116 cm³/mol. The SMILES string of the molecule is CCNC(=NCc1cccc(CN(C)C)c1)NCC1(C(=O)N(C)C)CCCC1. The molecule has 0 aromatic heterocycles. The number of carbonyl (C=O) groups is 1. The molecule has 1 aromatic rings. The van der Waals surface area contributed by atoms with Gasteiger partial charge in [0.1, 0.15) is 0 Å². The van der Waals surface area contributed by atoms with Crippen LogP contribution in [-0.2, 0) is 17.9 Å². The third-order valence-corrected chi connectivity index (χ3v) is 5.27. The zero-order chi connectivity index (χ0) is 20.6. The molecule has 0 heterocycles. The van der Waals surface area contributed by atoms with Gasteiger partial charge in [-0.2, -0.15) is 0 Å². The number of nitrogens with one attached hydrogen (secondary N) is 2. The molecule has 0 spiro atoms. The third-order valence-electron chi connectivity index (χ3n) is 5.27. The highest BCUT2D eigenvalue weighted by Crippen LogP contribution is 2.38. The zero-order valence-corrected chi connectivity index (χ0v) is 18.2. The Morgan fingerprint density at radius 2 is 1.79 bits per heavy atom. The van der Waals surface area contributed by atoms with Crippen molar-refractivity contribution in [3.63, 3.8) is 0 Å². The zero-order valence-electron chi connectivity index (χ0n) is 18.2. The van der Waals surface area contributed by atoms with Crippen molar-refractivity contribution in [3.05, 3.63) is 35.4 Å². The first-order chi connectivity index (χ1) is 13.4. The van der Waals surface area contributed by atoms with Crippen LogP contribution in [0.15, 0.2) is 29.3 Å². The van der Waals surface area contributed by atoms with E-state index >= 15 is 0 Å². The van der Waals surface area contributed by atoms with Crippen LogP contribution in [-0.4, -0.2) is 62.9 Å². The van der Waals surface area contributed by atoms with Gasteiger partial charge in [0.2, 0.25) is 5.91 Å². The molecule has 28 heavy (non-hydrogen) atoms. The minimum absolute atomic E-state index is 0.227. The van der Waals surface area contributed by atoms with Crippen LogP contribution < -0.4 is 10.6 Å². The molecule has 1 amide bonds. The molecular formula is C22H37N5O. The number of carbonyl (C=O) groups excluding carboxylic acids is 1. The van der Waals surface area contributed by atoms with E-state index in [1.807, 2.05) is 14.1 Å². The van der Waals surface area contributed by atoms with Crippen LogP contribution in [0.1, 0.15) is 43.7 Å². The molecule has 2 N–H and O–H groups in total. The lowest BCUT2D eigenvalue weighted by atomic mass is 9.84. The van der Waals surface area contributed by atoms with Crippen molar-refractivity contribution >= 4 is 11.9 Å². The normalized spacial score (nSPS) is 16.3. The Morgan fingerprint density at radius 3 is 2.39 bits per heavy atom. The Kier molecular flexibility index (Phi) is 8.30. The molecule has 0 radical (unpaired) electrons. The lowest BCUT2D eigenvalue weighted by Crippen LogP contribution is -2.49. The molecule has 2 rings (SSSR count). The summed E-state index contributed by atoms with van der Waals surface area (Å²) in [5.41, 5.74) is 2.18. The van der Waals surface area contributed by atoms with Crippen molar-refractivity contribution in [1.29, 1.82) is 0 Å². The maximum absolute atomic E-state index is 12.8. The van der Waals surface area contributed by atoms with E-state index in [4.69, 9.17) is 4.99 Å². The molecule has 1 fully saturated rings. The van der Waals surface area contributed by atoms with Gasteiger partial charge in [-0.25, -0.2) is 4.99 Å². The highest BCUT2D eigenvalue weighted by Gasteiger charge is 2.42. The number of nitrogens with zero attached hydrogens (tertiary/aromatic N) is 3. The van der Waals surface area contributed by atoms with Gasteiger partial charge in [-0.05, 0) is 45.0 Å². The first kappa shape index (κ1) is 22.2. The monoisotopic (exact) mass is 387 g/mol. The highest BCUT2D eigenvalue weighted by molar-refractivity contribution is 5.85. The molecule has 0 saturated heterocycles. The van der Waals surface area contributed by atoms with Gasteiger partial charge in [0.15, 0.2) is 5.96 Å². The molecule has 0 atom stereocenters. The fourth-order valence-corrected chi connectivity index (χ4v) is 3.95. The van der Waals surface area contributed by atoms with Gasteiger partial charge in [-0.3, -0.25) is 4.79 Å². The van der Waals surface area contributed by atoms with Gasteiger partial charge < -0.3 is 20.4 Å². The van der Waals surface area contributed by atoms with E-state index < -0.39 is 0 Å². The van der Waals surface area contributed by atoms with Gasteiger partial charge >= 0.3 is 0 Å². The van der Waals surface area contributed by atoms with E-state index in [9.17, 15) is 4.79 Å². The van der Waals surface area contributed by atoms with Crippen molar-refractivity contribution in [2.75, 3.05) is 41.3 Å². The molecule has 1 aliphatic rings. The smallest absolute Gasteiger partial charge is 0.230 e. The van der Waals surface area contributed by atoms with Gasteiger partial charge in [0.05, 0.1) is 12.0 Å². The predicted octanol–water partition coefficient (Wildman–Crippen LogP) is 2.45. The Labute approximate surface area is 170 Å². The summed E-state index contributed by atoms with van der Waals surface area (Å²) in [5.74, 6) is 1.00. The number of amides is 1. The van der Waals surface area contributed by atoms with Gasteiger partial charge in [0, 0.05) is 33.7 Å². The molecule has 0 aliphatic heterocycles. The van der Waals surface area contributed by atoms with Crippen LogP contribution in [0.4, 0.5) is 0 Å². The Bertz CT molecular complexity index is 663. The molecule has 1 aliphatic carbocycles. The summed E-state index contributed by atoms with van der Waals surface area (Å²) < 4.78 is 0. The Morgan fingerprint density at radius 1 is 1.11 bits per heavy atom. The van der Waals surface area contributed by atoms with Gasteiger partial charge in [-0.15, -0.1) is 0 Å². The van der Waals surface area contributed by atoms with E-state index in [1.54, 1.807) is 4.90 Å². The number of rotatable bonds is 8. The summed E-state index contributed by atoms with van der Waals surface area (Å²) in [6.07, 6.45) is 4.13.